The van der Waals surface area contributed by atoms with Crippen LogP contribution >= 0.6 is 15.9 Å². The molecule has 1 aliphatic heterocycles. The number of amides is 1. The fourth-order valence-corrected chi connectivity index (χ4v) is 3.20. The lowest BCUT2D eigenvalue weighted by Crippen LogP contribution is -2.37. The number of halogens is 1. The van der Waals surface area contributed by atoms with Crippen molar-refractivity contribution in [1.82, 2.24) is 10.2 Å². The molecular formula is C15H21BrN2O. The first-order valence-electron chi connectivity index (χ1n) is 6.83. The number of benzene rings is 1. The highest BCUT2D eigenvalue weighted by Gasteiger charge is 2.23. The standard InChI is InChI=1S/C15H21BrN2O/c1-11-5-6-13(14(16)10-11)15(19)18(2)12-4-3-8-17-9-7-12/h5-6,10,12,17H,3-4,7-9H2,1-2H3. The van der Waals surface area contributed by atoms with Crippen LogP contribution in [0.5, 0.6) is 0 Å². The minimum Gasteiger partial charge on any atom is -0.339 e. The van der Waals surface area contributed by atoms with E-state index in [0.717, 1.165) is 48.0 Å². The highest BCUT2D eigenvalue weighted by atomic mass is 79.9. The molecule has 0 aliphatic carbocycles. The largest absolute Gasteiger partial charge is 0.339 e. The summed E-state index contributed by atoms with van der Waals surface area (Å²) >= 11 is 3.50. The minimum atomic E-state index is 0.110. The normalized spacial score (nSPS) is 19.8. The number of nitrogens with zero attached hydrogens (tertiary/aromatic N) is 1. The molecule has 1 atom stereocenters. The van der Waals surface area contributed by atoms with Crippen LogP contribution < -0.4 is 5.32 Å². The van der Waals surface area contributed by atoms with Gasteiger partial charge in [0.25, 0.3) is 5.91 Å². The lowest BCUT2D eigenvalue weighted by Gasteiger charge is -2.27. The fourth-order valence-electron chi connectivity index (χ4n) is 2.54. The second kappa shape index (κ2) is 6.53. The first kappa shape index (κ1) is 14.5. The van der Waals surface area contributed by atoms with E-state index >= 15 is 0 Å². The van der Waals surface area contributed by atoms with E-state index < -0.39 is 0 Å². The smallest absolute Gasteiger partial charge is 0.254 e. The number of carbonyl (C=O) groups is 1. The van der Waals surface area contributed by atoms with Crippen LogP contribution in [-0.4, -0.2) is 37.0 Å². The molecule has 104 valence electrons. The van der Waals surface area contributed by atoms with Gasteiger partial charge >= 0.3 is 0 Å². The third-order valence-electron chi connectivity index (χ3n) is 3.77. The average Bonchev–Trinajstić information content (AvgIpc) is 2.66. The molecule has 0 radical (unpaired) electrons. The summed E-state index contributed by atoms with van der Waals surface area (Å²) in [4.78, 5) is 14.5. The van der Waals surface area contributed by atoms with Crippen LogP contribution in [0, 0.1) is 6.92 Å². The van der Waals surface area contributed by atoms with Gasteiger partial charge in [-0.1, -0.05) is 6.07 Å². The maximum atomic E-state index is 12.6. The summed E-state index contributed by atoms with van der Waals surface area (Å²) in [7, 11) is 1.92. The second-order valence-corrected chi connectivity index (χ2v) is 6.09. The van der Waals surface area contributed by atoms with Gasteiger partial charge < -0.3 is 10.2 Å². The van der Waals surface area contributed by atoms with E-state index in [4.69, 9.17) is 0 Å². The molecule has 1 aromatic rings. The first-order valence-corrected chi connectivity index (χ1v) is 7.63. The van der Waals surface area contributed by atoms with Gasteiger partial charge in [-0.2, -0.15) is 0 Å². The molecule has 0 bridgehead atoms. The van der Waals surface area contributed by atoms with Crippen LogP contribution in [0.1, 0.15) is 35.2 Å². The van der Waals surface area contributed by atoms with Crippen molar-refractivity contribution in [3.05, 3.63) is 33.8 Å². The number of carbonyl (C=O) groups excluding carboxylic acids is 1. The Morgan fingerprint density at radius 3 is 2.89 bits per heavy atom. The Hall–Kier alpha value is -0.870. The van der Waals surface area contributed by atoms with Crippen LogP contribution in [0.3, 0.4) is 0 Å². The van der Waals surface area contributed by atoms with Crippen molar-refractivity contribution < 1.29 is 4.79 Å². The summed E-state index contributed by atoms with van der Waals surface area (Å²) in [5, 5.41) is 3.38. The van der Waals surface area contributed by atoms with E-state index in [9.17, 15) is 4.79 Å². The van der Waals surface area contributed by atoms with Gasteiger partial charge in [-0.05, 0) is 72.9 Å². The molecule has 1 heterocycles. The number of hydrogen-bond acceptors (Lipinski definition) is 2. The molecule has 0 aromatic heterocycles. The topological polar surface area (TPSA) is 32.3 Å². The summed E-state index contributed by atoms with van der Waals surface area (Å²) in [5.41, 5.74) is 1.91. The van der Waals surface area contributed by atoms with Crippen LogP contribution in [0.15, 0.2) is 22.7 Å². The third-order valence-corrected chi connectivity index (χ3v) is 4.42. The van der Waals surface area contributed by atoms with Crippen LogP contribution in [0.25, 0.3) is 0 Å². The molecular weight excluding hydrogens is 304 g/mol. The first-order chi connectivity index (χ1) is 9.09. The van der Waals surface area contributed by atoms with Gasteiger partial charge in [0.05, 0.1) is 5.56 Å². The lowest BCUT2D eigenvalue weighted by molar-refractivity contribution is 0.0719. The van der Waals surface area contributed by atoms with E-state index in [1.165, 1.54) is 0 Å². The zero-order valence-electron chi connectivity index (χ0n) is 11.6. The molecule has 2 rings (SSSR count). The zero-order valence-corrected chi connectivity index (χ0v) is 13.2. The fraction of sp³-hybridized carbons (Fsp3) is 0.533. The summed E-state index contributed by atoms with van der Waals surface area (Å²) in [6.45, 7) is 4.09. The molecule has 4 heteroatoms. The van der Waals surface area contributed by atoms with E-state index in [2.05, 4.69) is 21.2 Å². The third kappa shape index (κ3) is 3.57. The number of nitrogens with one attached hydrogen (secondary N) is 1. The summed E-state index contributed by atoms with van der Waals surface area (Å²) in [6, 6.07) is 6.24. The van der Waals surface area contributed by atoms with E-state index in [1.54, 1.807) is 0 Å². The van der Waals surface area contributed by atoms with Gasteiger partial charge in [0, 0.05) is 17.6 Å². The molecule has 1 saturated heterocycles. The molecule has 3 nitrogen and oxygen atoms in total. The molecule has 1 aromatic carbocycles. The van der Waals surface area contributed by atoms with Crippen LogP contribution in [0.4, 0.5) is 0 Å². The highest BCUT2D eigenvalue weighted by molar-refractivity contribution is 9.10. The Labute approximate surface area is 123 Å². The molecule has 1 amide bonds. The lowest BCUT2D eigenvalue weighted by atomic mass is 10.1. The van der Waals surface area contributed by atoms with Crippen molar-refractivity contribution in [3.8, 4) is 0 Å². The van der Waals surface area contributed by atoms with Gasteiger partial charge in [-0.3, -0.25) is 4.79 Å². The van der Waals surface area contributed by atoms with Gasteiger partial charge in [0.1, 0.15) is 0 Å². The van der Waals surface area contributed by atoms with Crippen molar-refractivity contribution >= 4 is 21.8 Å². The molecule has 0 saturated carbocycles. The predicted octanol–water partition coefficient (Wildman–Crippen LogP) is 2.97. The Morgan fingerprint density at radius 2 is 2.16 bits per heavy atom. The van der Waals surface area contributed by atoms with Crippen molar-refractivity contribution in [3.63, 3.8) is 0 Å². The molecule has 19 heavy (non-hydrogen) atoms. The molecule has 0 spiro atoms. The van der Waals surface area contributed by atoms with Crippen molar-refractivity contribution in [2.24, 2.45) is 0 Å². The van der Waals surface area contributed by atoms with Gasteiger partial charge in [-0.15, -0.1) is 0 Å². The van der Waals surface area contributed by atoms with Crippen LogP contribution in [0.2, 0.25) is 0 Å². The van der Waals surface area contributed by atoms with E-state index in [0.29, 0.717) is 6.04 Å². The molecule has 1 N–H and O–H groups in total. The molecule has 1 fully saturated rings. The number of aryl methyl sites for hydroxylation is 1. The number of rotatable bonds is 2. The average molecular weight is 325 g/mol. The van der Waals surface area contributed by atoms with Crippen molar-refractivity contribution in [1.29, 1.82) is 0 Å². The van der Waals surface area contributed by atoms with Gasteiger partial charge in [0.2, 0.25) is 0 Å². The van der Waals surface area contributed by atoms with Gasteiger partial charge in [-0.25, -0.2) is 0 Å². The zero-order chi connectivity index (χ0) is 13.8. The Kier molecular flexibility index (Phi) is 4.99. The SMILES string of the molecule is Cc1ccc(C(=O)N(C)C2CCCNCC2)c(Br)c1. The number of hydrogen-bond donors (Lipinski definition) is 1. The van der Waals surface area contributed by atoms with E-state index in [1.807, 2.05) is 37.1 Å². The quantitative estimate of drug-likeness (QED) is 0.907. The second-order valence-electron chi connectivity index (χ2n) is 5.23. The summed E-state index contributed by atoms with van der Waals surface area (Å²) < 4.78 is 0.885. The monoisotopic (exact) mass is 324 g/mol. The Balaban J connectivity index is 2.13. The Bertz CT molecular complexity index is 453. The highest BCUT2D eigenvalue weighted by Crippen LogP contribution is 2.22. The maximum absolute atomic E-state index is 12.6. The van der Waals surface area contributed by atoms with Crippen molar-refractivity contribution in [2.45, 2.75) is 32.2 Å². The predicted molar refractivity (Wildman–Crippen MR) is 81.5 cm³/mol. The summed E-state index contributed by atoms with van der Waals surface area (Å²) in [6.07, 6.45) is 3.25. The Morgan fingerprint density at radius 1 is 1.37 bits per heavy atom. The maximum Gasteiger partial charge on any atom is 0.254 e. The molecule has 1 unspecified atom stereocenters. The van der Waals surface area contributed by atoms with Crippen molar-refractivity contribution in [2.75, 3.05) is 20.1 Å². The summed E-state index contributed by atoms with van der Waals surface area (Å²) in [5.74, 6) is 0.110. The van der Waals surface area contributed by atoms with Gasteiger partial charge in [0.15, 0.2) is 0 Å². The van der Waals surface area contributed by atoms with Crippen LogP contribution in [-0.2, 0) is 0 Å². The molecule has 1 aliphatic rings. The minimum absolute atomic E-state index is 0.110. The van der Waals surface area contributed by atoms with E-state index in [-0.39, 0.29) is 5.91 Å².